The second-order valence-electron chi connectivity index (χ2n) is 4.85. The number of hydrogen-bond donors (Lipinski definition) is 1. The molecule has 2 aliphatic rings. The van der Waals surface area contributed by atoms with Gasteiger partial charge in [-0.3, -0.25) is 4.99 Å². The number of nitrogens with one attached hydrogen (secondary N) is 1. The van der Waals surface area contributed by atoms with Crippen LogP contribution in [0.2, 0.25) is 0 Å². The monoisotopic (exact) mass is 219 g/mol. The molecule has 2 rings (SSSR count). The Bertz CT molecular complexity index is 377. The first-order chi connectivity index (χ1) is 7.65. The van der Waals surface area contributed by atoms with Crippen molar-refractivity contribution >= 4 is 11.5 Å². The maximum absolute atomic E-state index is 4.66. The van der Waals surface area contributed by atoms with E-state index in [0.29, 0.717) is 11.8 Å². The summed E-state index contributed by atoms with van der Waals surface area (Å²) in [7, 11) is 1.86. The minimum absolute atomic E-state index is 0.560. The molecule has 0 radical (unpaired) electrons. The summed E-state index contributed by atoms with van der Waals surface area (Å²) < 4.78 is 0. The second-order valence-corrected chi connectivity index (χ2v) is 4.85. The van der Waals surface area contributed by atoms with Crippen LogP contribution in [0.15, 0.2) is 21.4 Å². The van der Waals surface area contributed by atoms with Crippen LogP contribution in [-0.2, 0) is 0 Å². The predicted molar refractivity (Wildman–Crippen MR) is 68.8 cm³/mol. The highest BCUT2D eigenvalue weighted by Gasteiger charge is 2.28. The van der Waals surface area contributed by atoms with Gasteiger partial charge in [0.25, 0.3) is 0 Å². The number of nitrogens with zero attached hydrogens (tertiary/aromatic N) is 2. The fourth-order valence-electron chi connectivity index (χ4n) is 2.47. The molecule has 0 saturated heterocycles. The van der Waals surface area contributed by atoms with Crippen molar-refractivity contribution in [1.29, 1.82) is 0 Å². The number of allylic oxidation sites excluding steroid dienone is 1. The summed E-state index contributed by atoms with van der Waals surface area (Å²) in [5.41, 5.74) is 2.72. The maximum atomic E-state index is 4.66. The predicted octanol–water partition coefficient (Wildman–Crippen LogP) is 2.75. The molecule has 2 unspecified atom stereocenters. The molecule has 0 spiro atoms. The van der Waals surface area contributed by atoms with Gasteiger partial charge in [0, 0.05) is 18.7 Å². The Morgan fingerprint density at radius 1 is 1.44 bits per heavy atom. The van der Waals surface area contributed by atoms with Gasteiger partial charge >= 0.3 is 0 Å². The van der Waals surface area contributed by atoms with Crippen molar-refractivity contribution in [3.8, 4) is 0 Å². The van der Waals surface area contributed by atoms with Crippen molar-refractivity contribution in [3.63, 3.8) is 0 Å². The number of aliphatic imine (C=N–C) groups is 2. The van der Waals surface area contributed by atoms with Crippen molar-refractivity contribution in [1.82, 2.24) is 5.32 Å². The molecular weight excluding hydrogens is 198 g/mol. The first-order valence-corrected chi connectivity index (χ1v) is 6.16. The summed E-state index contributed by atoms with van der Waals surface area (Å²) in [6, 6.07) is 0. The second kappa shape index (κ2) is 4.40. The molecule has 3 nitrogen and oxygen atoms in total. The maximum Gasteiger partial charge on any atom is 0.130 e. The van der Waals surface area contributed by atoms with Crippen LogP contribution in [0.25, 0.3) is 0 Å². The average molecular weight is 219 g/mol. The van der Waals surface area contributed by atoms with E-state index < -0.39 is 0 Å². The fourth-order valence-corrected chi connectivity index (χ4v) is 2.47. The Morgan fingerprint density at radius 3 is 2.81 bits per heavy atom. The van der Waals surface area contributed by atoms with Crippen LogP contribution < -0.4 is 5.32 Å². The molecule has 0 aromatic rings. The Morgan fingerprint density at radius 2 is 2.19 bits per heavy atom. The fraction of sp³-hybridized carbons (Fsp3) is 0.692. The standard InChI is InChI=1S/C13H21N3/c1-5-10-7-11-6-8(2)9(3)15-13(11)16-12(10)14-4/h8,10H,5-7H2,1-4H3,(H,14,16). The molecule has 2 aliphatic heterocycles. The average Bonchev–Trinajstić information content (AvgIpc) is 2.29. The van der Waals surface area contributed by atoms with E-state index in [0.717, 1.165) is 30.9 Å². The molecule has 0 aromatic heterocycles. The zero-order valence-electron chi connectivity index (χ0n) is 10.7. The third kappa shape index (κ3) is 1.91. The quantitative estimate of drug-likeness (QED) is 0.723. The molecule has 88 valence electrons. The lowest BCUT2D eigenvalue weighted by Gasteiger charge is -2.32. The van der Waals surface area contributed by atoms with Crippen LogP contribution in [0, 0.1) is 11.8 Å². The van der Waals surface area contributed by atoms with E-state index >= 15 is 0 Å². The molecule has 0 saturated carbocycles. The van der Waals surface area contributed by atoms with Crippen molar-refractivity contribution in [3.05, 3.63) is 11.4 Å². The van der Waals surface area contributed by atoms with Crippen molar-refractivity contribution in [2.75, 3.05) is 7.05 Å². The Hall–Kier alpha value is -1.12. The molecule has 2 heterocycles. The normalized spacial score (nSPS) is 32.2. The summed E-state index contributed by atoms with van der Waals surface area (Å²) in [6.07, 6.45) is 3.44. The van der Waals surface area contributed by atoms with Gasteiger partial charge in [-0.15, -0.1) is 0 Å². The number of rotatable bonds is 1. The molecule has 0 amide bonds. The zero-order chi connectivity index (χ0) is 11.7. The van der Waals surface area contributed by atoms with Crippen LogP contribution >= 0.6 is 0 Å². The molecule has 0 bridgehead atoms. The Balaban J connectivity index is 2.29. The van der Waals surface area contributed by atoms with Gasteiger partial charge in [-0.25, -0.2) is 4.99 Å². The van der Waals surface area contributed by atoms with Crippen LogP contribution in [0.5, 0.6) is 0 Å². The molecule has 0 fully saturated rings. The topological polar surface area (TPSA) is 36.8 Å². The first kappa shape index (κ1) is 11.4. The smallest absolute Gasteiger partial charge is 0.130 e. The molecule has 1 N–H and O–H groups in total. The van der Waals surface area contributed by atoms with Crippen LogP contribution in [0.3, 0.4) is 0 Å². The van der Waals surface area contributed by atoms with E-state index in [-0.39, 0.29) is 0 Å². The lowest BCUT2D eigenvalue weighted by molar-refractivity contribution is 0.564. The largest absolute Gasteiger partial charge is 0.329 e. The van der Waals surface area contributed by atoms with Crippen LogP contribution in [-0.4, -0.2) is 18.6 Å². The highest BCUT2D eigenvalue weighted by Crippen LogP contribution is 2.32. The third-order valence-electron chi connectivity index (χ3n) is 3.75. The highest BCUT2D eigenvalue weighted by atomic mass is 15.1. The van der Waals surface area contributed by atoms with E-state index in [9.17, 15) is 0 Å². The van der Waals surface area contributed by atoms with Crippen molar-refractivity contribution in [2.45, 2.75) is 40.0 Å². The van der Waals surface area contributed by atoms with Gasteiger partial charge < -0.3 is 5.32 Å². The highest BCUT2D eigenvalue weighted by molar-refractivity contribution is 5.91. The van der Waals surface area contributed by atoms with E-state index in [4.69, 9.17) is 0 Å². The molecule has 0 aromatic carbocycles. The van der Waals surface area contributed by atoms with Gasteiger partial charge in [0.05, 0.1) is 0 Å². The lowest BCUT2D eigenvalue weighted by Crippen LogP contribution is -2.37. The van der Waals surface area contributed by atoms with Crippen molar-refractivity contribution in [2.24, 2.45) is 21.8 Å². The summed E-state index contributed by atoms with van der Waals surface area (Å²) >= 11 is 0. The Labute approximate surface area is 97.8 Å². The summed E-state index contributed by atoms with van der Waals surface area (Å²) in [4.78, 5) is 8.99. The summed E-state index contributed by atoms with van der Waals surface area (Å²) in [5, 5.41) is 3.40. The third-order valence-corrected chi connectivity index (χ3v) is 3.75. The number of amidine groups is 1. The van der Waals surface area contributed by atoms with Gasteiger partial charge in [0.2, 0.25) is 0 Å². The van der Waals surface area contributed by atoms with Gasteiger partial charge in [-0.1, -0.05) is 13.8 Å². The van der Waals surface area contributed by atoms with E-state index in [1.807, 2.05) is 7.05 Å². The minimum Gasteiger partial charge on any atom is -0.329 e. The van der Waals surface area contributed by atoms with Crippen LogP contribution in [0.4, 0.5) is 0 Å². The number of hydrogen-bond acceptors (Lipinski definition) is 2. The van der Waals surface area contributed by atoms with Gasteiger partial charge in [0.1, 0.15) is 11.7 Å². The summed E-state index contributed by atoms with van der Waals surface area (Å²) in [5.74, 6) is 3.33. The molecule has 2 atom stereocenters. The summed E-state index contributed by atoms with van der Waals surface area (Å²) in [6.45, 7) is 6.60. The van der Waals surface area contributed by atoms with E-state index in [1.165, 1.54) is 11.3 Å². The van der Waals surface area contributed by atoms with Gasteiger partial charge in [-0.2, -0.15) is 0 Å². The van der Waals surface area contributed by atoms with Crippen molar-refractivity contribution < 1.29 is 0 Å². The van der Waals surface area contributed by atoms with E-state index in [1.54, 1.807) is 0 Å². The van der Waals surface area contributed by atoms with Gasteiger partial charge in [0.15, 0.2) is 0 Å². The lowest BCUT2D eigenvalue weighted by atomic mass is 9.85. The molecule has 16 heavy (non-hydrogen) atoms. The first-order valence-electron chi connectivity index (χ1n) is 6.16. The minimum atomic E-state index is 0.560. The van der Waals surface area contributed by atoms with E-state index in [2.05, 4.69) is 36.1 Å². The van der Waals surface area contributed by atoms with Crippen LogP contribution in [0.1, 0.15) is 40.0 Å². The zero-order valence-corrected chi connectivity index (χ0v) is 10.7. The Kier molecular flexibility index (Phi) is 3.13. The molecule has 3 heteroatoms. The SMILES string of the molecule is CCC1CC2=C(N=C(C)C(C)C2)NC1=NC. The molecule has 0 aliphatic carbocycles. The molecular formula is C13H21N3. The van der Waals surface area contributed by atoms with Gasteiger partial charge in [-0.05, 0) is 37.7 Å².